The standard InChI is InChI=1S/C43H60O6/c1-31(14-12-18-32-16-6-4-7-17-32)15-13-25-42-36(44)23-26-41(3,34-19-8-5-9-20-34)39(42)35-29-40(2,24-11-10-21-37(45)49-35)43(42,47)27-22-33-28-38(46)48-30-33/h4,6-7,16-17,28,31,34-36,39,44,47H,5,8-10,12-15,18-23,25-27,29-30H2,1-3H3/t31-,35+,36+,39?,40+,41+,42+,43-/m1/s1. The molecule has 268 valence electrons. The first-order chi connectivity index (χ1) is 23.5. The van der Waals surface area contributed by atoms with Crippen LogP contribution >= 0.6 is 0 Å². The third-order valence-corrected chi connectivity index (χ3v) is 13.9. The van der Waals surface area contributed by atoms with Gasteiger partial charge in [0.05, 0.1) is 23.5 Å². The fraction of sp³-hybridized carbons (Fsp3) is 0.721. The lowest BCUT2D eigenvalue weighted by Crippen LogP contribution is -2.76. The van der Waals surface area contributed by atoms with E-state index < -0.39 is 28.6 Å². The van der Waals surface area contributed by atoms with E-state index in [2.05, 4.69) is 62.9 Å². The van der Waals surface area contributed by atoms with Crippen LogP contribution in [0, 0.1) is 45.8 Å². The zero-order chi connectivity index (χ0) is 34.7. The number of hydrogen-bond donors (Lipinski definition) is 2. The van der Waals surface area contributed by atoms with Crippen LogP contribution in [0.2, 0.25) is 0 Å². The molecule has 6 rings (SSSR count). The van der Waals surface area contributed by atoms with E-state index in [4.69, 9.17) is 9.47 Å². The molecule has 3 fully saturated rings. The van der Waals surface area contributed by atoms with Crippen molar-refractivity contribution in [1.29, 1.82) is 0 Å². The summed E-state index contributed by atoms with van der Waals surface area (Å²) in [6, 6.07) is 10.7. The fourth-order valence-electron chi connectivity index (χ4n) is 11.4. The third kappa shape index (κ3) is 7.01. The molecule has 3 aliphatic carbocycles. The Hall–Kier alpha value is -2.62. The second-order valence-electron chi connectivity index (χ2n) is 16.9. The third-order valence-electron chi connectivity index (χ3n) is 13.9. The SMILES string of the molecule is C[C@H](CCCc1ccccc1)CCC[C@]12C([C@@H]3C[C@](C)(C#CCCC(=O)O3)[C@]1(O)CCC1=CC(=O)OC1)[C@](C)(C1CCCCC1)CC[C@@H]2O. The number of cyclic esters (lactones) is 1. The van der Waals surface area contributed by atoms with Crippen LogP contribution in [0.4, 0.5) is 0 Å². The Morgan fingerprint density at radius 2 is 1.73 bits per heavy atom. The van der Waals surface area contributed by atoms with Crippen molar-refractivity contribution < 1.29 is 29.3 Å². The van der Waals surface area contributed by atoms with Crippen LogP contribution in [0.5, 0.6) is 0 Å². The van der Waals surface area contributed by atoms with Crippen molar-refractivity contribution in [3.63, 3.8) is 0 Å². The highest BCUT2D eigenvalue weighted by Crippen LogP contribution is 2.71. The van der Waals surface area contributed by atoms with Gasteiger partial charge >= 0.3 is 11.9 Å². The normalized spacial score (nSPS) is 36.9. The number of ether oxygens (including phenoxy) is 2. The number of aliphatic hydroxyl groups excluding tert-OH is 1. The summed E-state index contributed by atoms with van der Waals surface area (Å²) in [4.78, 5) is 25.4. The van der Waals surface area contributed by atoms with E-state index >= 15 is 0 Å². The van der Waals surface area contributed by atoms with Gasteiger partial charge in [0, 0.05) is 30.3 Å². The van der Waals surface area contributed by atoms with E-state index in [-0.39, 0.29) is 36.3 Å². The molecule has 8 atom stereocenters. The largest absolute Gasteiger partial charge is 0.462 e. The van der Waals surface area contributed by atoms with E-state index in [0.717, 1.165) is 56.9 Å². The summed E-state index contributed by atoms with van der Waals surface area (Å²) in [5.41, 5.74) is -1.15. The van der Waals surface area contributed by atoms with Crippen molar-refractivity contribution in [1.82, 2.24) is 0 Å². The van der Waals surface area contributed by atoms with E-state index in [1.54, 1.807) is 6.08 Å². The van der Waals surface area contributed by atoms with Crippen molar-refractivity contribution in [3.8, 4) is 11.8 Å². The Morgan fingerprint density at radius 1 is 0.980 bits per heavy atom. The highest BCUT2D eigenvalue weighted by molar-refractivity contribution is 5.85. The van der Waals surface area contributed by atoms with Gasteiger partial charge in [-0.05, 0) is 93.1 Å². The van der Waals surface area contributed by atoms with Gasteiger partial charge in [-0.15, -0.1) is 5.92 Å². The van der Waals surface area contributed by atoms with Crippen LogP contribution < -0.4 is 0 Å². The summed E-state index contributed by atoms with van der Waals surface area (Å²) in [6.07, 6.45) is 15.6. The van der Waals surface area contributed by atoms with Crippen molar-refractivity contribution in [2.45, 2.75) is 154 Å². The molecule has 6 nitrogen and oxygen atoms in total. The Labute approximate surface area is 294 Å². The Bertz CT molecular complexity index is 1420. The number of aliphatic hydroxyl groups is 2. The lowest BCUT2D eigenvalue weighted by atomic mass is 9.35. The first-order valence-corrected chi connectivity index (χ1v) is 19.5. The number of fused-ring (bicyclic) bond motifs is 4. The van der Waals surface area contributed by atoms with Gasteiger partial charge in [-0.2, -0.15) is 0 Å². The monoisotopic (exact) mass is 672 g/mol. The molecular weight excluding hydrogens is 612 g/mol. The van der Waals surface area contributed by atoms with E-state index in [9.17, 15) is 19.8 Å². The summed E-state index contributed by atoms with van der Waals surface area (Å²) in [5, 5.41) is 26.4. The van der Waals surface area contributed by atoms with Crippen molar-refractivity contribution in [3.05, 3.63) is 47.5 Å². The van der Waals surface area contributed by atoms with Crippen LogP contribution in [0.15, 0.2) is 42.0 Å². The molecule has 2 bridgehead atoms. The predicted octanol–water partition coefficient (Wildman–Crippen LogP) is 8.27. The molecule has 49 heavy (non-hydrogen) atoms. The Balaban J connectivity index is 1.38. The van der Waals surface area contributed by atoms with Crippen LogP contribution in [-0.4, -0.2) is 46.6 Å². The molecule has 2 aliphatic heterocycles. The molecule has 6 heteroatoms. The van der Waals surface area contributed by atoms with Gasteiger partial charge in [-0.1, -0.05) is 88.6 Å². The zero-order valence-electron chi connectivity index (χ0n) is 30.3. The molecule has 5 aliphatic rings. The number of hydrogen-bond acceptors (Lipinski definition) is 6. The van der Waals surface area contributed by atoms with Crippen LogP contribution in [-0.2, 0) is 25.5 Å². The van der Waals surface area contributed by atoms with E-state index in [1.165, 1.54) is 24.8 Å². The van der Waals surface area contributed by atoms with E-state index in [0.29, 0.717) is 50.4 Å². The molecule has 1 unspecified atom stereocenters. The minimum Gasteiger partial charge on any atom is -0.462 e. The molecule has 3 saturated carbocycles. The summed E-state index contributed by atoms with van der Waals surface area (Å²) in [5.74, 6) is 7.03. The second-order valence-corrected chi connectivity index (χ2v) is 16.9. The van der Waals surface area contributed by atoms with Crippen LogP contribution in [0.3, 0.4) is 0 Å². The molecule has 2 N–H and O–H groups in total. The number of aryl methyl sites for hydroxylation is 1. The smallest absolute Gasteiger partial charge is 0.331 e. The predicted molar refractivity (Wildman–Crippen MR) is 191 cm³/mol. The summed E-state index contributed by atoms with van der Waals surface area (Å²) in [7, 11) is 0. The molecule has 2 heterocycles. The van der Waals surface area contributed by atoms with E-state index in [1.807, 2.05) is 0 Å². The number of benzene rings is 1. The van der Waals surface area contributed by atoms with Gasteiger partial charge in [0.25, 0.3) is 0 Å². The molecule has 0 radical (unpaired) electrons. The van der Waals surface area contributed by atoms with Crippen LogP contribution in [0.1, 0.15) is 135 Å². The lowest BCUT2D eigenvalue weighted by molar-refractivity contribution is -0.314. The molecule has 1 aromatic rings. The molecule has 0 spiro atoms. The second kappa shape index (κ2) is 14.9. The number of carbonyl (C=O) groups is 2. The maximum atomic E-state index is 13.8. The van der Waals surface area contributed by atoms with Gasteiger partial charge in [0.1, 0.15) is 12.7 Å². The minimum absolute atomic E-state index is 0.197. The summed E-state index contributed by atoms with van der Waals surface area (Å²) < 4.78 is 11.8. The first kappa shape index (κ1) is 36.2. The van der Waals surface area contributed by atoms with Crippen molar-refractivity contribution in [2.75, 3.05) is 6.61 Å². The minimum atomic E-state index is -1.37. The molecule has 1 aromatic carbocycles. The maximum Gasteiger partial charge on any atom is 0.331 e. The molecule has 0 amide bonds. The fourth-order valence-corrected chi connectivity index (χ4v) is 11.4. The molecule has 0 aromatic heterocycles. The topological polar surface area (TPSA) is 93.1 Å². The van der Waals surface area contributed by atoms with Gasteiger partial charge in [0.15, 0.2) is 0 Å². The van der Waals surface area contributed by atoms with Gasteiger partial charge in [0.2, 0.25) is 0 Å². The van der Waals surface area contributed by atoms with Crippen LogP contribution in [0.25, 0.3) is 0 Å². The number of rotatable bonds is 12. The lowest BCUT2D eigenvalue weighted by Gasteiger charge is -2.71. The first-order valence-electron chi connectivity index (χ1n) is 19.5. The Morgan fingerprint density at radius 3 is 2.47 bits per heavy atom. The van der Waals surface area contributed by atoms with Gasteiger partial charge < -0.3 is 19.7 Å². The van der Waals surface area contributed by atoms with Gasteiger partial charge in [-0.25, -0.2) is 4.79 Å². The highest BCUT2D eigenvalue weighted by atomic mass is 16.5. The summed E-state index contributed by atoms with van der Waals surface area (Å²) >= 11 is 0. The zero-order valence-corrected chi connectivity index (χ0v) is 30.3. The average Bonchev–Trinajstić information content (AvgIpc) is 3.54. The number of esters is 2. The molecular formula is C43H60O6. The number of carbonyl (C=O) groups excluding carboxylic acids is 2. The average molecular weight is 673 g/mol. The maximum absolute atomic E-state index is 13.8. The van der Waals surface area contributed by atoms with Crippen molar-refractivity contribution in [2.24, 2.45) is 34.0 Å². The summed E-state index contributed by atoms with van der Waals surface area (Å²) in [6.45, 7) is 7.04. The van der Waals surface area contributed by atoms with Crippen molar-refractivity contribution >= 4 is 11.9 Å². The van der Waals surface area contributed by atoms with Gasteiger partial charge in [-0.3, -0.25) is 4.79 Å². The highest BCUT2D eigenvalue weighted by Gasteiger charge is 2.75. The Kier molecular flexibility index (Phi) is 11.0. The quantitative estimate of drug-likeness (QED) is 0.172. The molecule has 0 saturated heterocycles.